The van der Waals surface area contributed by atoms with Gasteiger partial charge >= 0.3 is 0 Å². The molecule has 1 saturated carbocycles. The van der Waals surface area contributed by atoms with E-state index in [4.69, 9.17) is 0 Å². The van der Waals surface area contributed by atoms with E-state index in [1.807, 2.05) is 0 Å². The SMILES string of the molecule is CC(Cc1ccsc1)NC1CCCCC1C(C)C. The lowest BCUT2D eigenvalue weighted by atomic mass is 9.77. The summed E-state index contributed by atoms with van der Waals surface area (Å²) in [6, 6.07) is 3.60. The van der Waals surface area contributed by atoms with Crippen molar-refractivity contribution >= 4 is 11.3 Å². The summed E-state index contributed by atoms with van der Waals surface area (Å²) < 4.78 is 0. The van der Waals surface area contributed by atoms with Gasteiger partial charge in [0.2, 0.25) is 0 Å². The minimum Gasteiger partial charge on any atom is -0.311 e. The van der Waals surface area contributed by atoms with Gasteiger partial charge in [-0.2, -0.15) is 11.3 Å². The second kappa shape index (κ2) is 6.72. The zero-order chi connectivity index (χ0) is 13.0. The van der Waals surface area contributed by atoms with Crippen LogP contribution in [-0.2, 0) is 6.42 Å². The van der Waals surface area contributed by atoms with Crippen LogP contribution in [-0.4, -0.2) is 12.1 Å². The first-order chi connectivity index (χ1) is 8.66. The molecule has 3 atom stereocenters. The highest BCUT2D eigenvalue weighted by Gasteiger charge is 2.28. The number of hydrogen-bond donors (Lipinski definition) is 1. The molecule has 1 fully saturated rings. The van der Waals surface area contributed by atoms with E-state index in [2.05, 4.69) is 42.9 Å². The standard InChI is InChI=1S/C16H27NS/c1-12(2)15-6-4-5-7-16(15)17-13(3)10-14-8-9-18-11-14/h8-9,11-13,15-17H,4-7,10H2,1-3H3. The highest BCUT2D eigenvalue weighted by molar-refractivity contribution is 7.07. The second-order valence-electron chi connectivity index (χ2n) is 6.20. The van der Waals surface area contributed by atoms with Crippen LogP contribution >= 0.6 is 11.3 Å². The Morgan fingerprint density at radius 2 is 2.06 bits per heavy atom. The highest BCUT2D eigenvalue weighted by atomic mass is 32.1. The normalized spacial score (nSPS) is 26.4. The van der Waals surface area contributed by atoms with Crippen molar-refractivity contribution < 1.29 is 0 Å². The topological polar surface area (TPSA) is 12.0 Å². The first-order valence-electron chi connectivity index (χ1n) is 7.44. The van der Waals surface area contributed by atoms with Crippen molar-refractivity contribution in [1.29, 1.82) is 0 Å². The van der Waals surface area contributed by atoms with Crippen molar-refractivity contribution in [3.05, 3.63) is 22.4 Å². The lowest BCUT2D eigenvalue weighted by Gasteiger charge is -2.37. The molecule has 1 aliphatic rings. The maximum atomic E-state index is 3.89. The van der Waals surface area contributed by atoms with Crippen molar-refractivity contribution in [2.75, 3.05) is 0 Å². The fourth-order valence-electron chi connectivity index (χ4n) is 3.35. The van der Waals surface area contributed by atoms with Crippen LogP contribution < -0.4 is 5.32 Å². The van der Waals surface area contributed by atoms with Gasteiger partial charge in [0.25, 0.3) is 0 Å². The van der Waals surface area contributed by atoms with Gasteiger partial charge in [-0.15, -0.1) is 0 Å². The van der Waals surface area contributed by atoms with Gasteiger partial charge in [-0.05, 0) is 60.4 Å². The Balaban J connectivity index is 1.86. The summed E-state index contributed by atoms with van der Waals surface area (Å²) in [5.41, 5.74) is 1.48. The minimum absolute atomic E-state index is 0.601. The zero-order valence-electron chi connectivity index (χ0n) is 12.0. The molecule has 0 bridgehead atoms. The molecule has 1 nitrogen and oxygen atoms in total. The maximum absolute atomic E-state index is 3.89. The molecule has 0 radical (unpaired) electrons. The molecule has 1 aromatic heterocycles. The van der Waals surface area contributed by atoms with Gasteiger partial charge < -0.3 is 5.32 Å². The second-order valence-corrected chi connectivity index (χ2v) is 6.98. The van der Waals surface area contributed by atoms with Crippen molar-refractivity contribution in [3.63, 3.8) is 0 Å². The molecule has 0 aliphatic heterocycles. The Bertz CT molecular complexity index is 331. The van der Waals surface area contributed by atoms with E-state index in [0.717, 1.165) is 17.9 Å². The highest BCUT2D eigenvalue weighted by Crippen LogP contribution is 2.30. The molecule has 1 aromatic rings. The van der Waals surface area contributed by atoms with E-state index >= 15 is 0 Å². The Labute approximate surface area is 116 Å². The number of nitrogens with one attached hydrogen (secondary N) is 1. The van der Waals surface area contributed by atoms with Crippen molar-refractivity contribution in [1.82, 2.24) is 5.32 Å². The third kappa shape index (κ3) is 3.83. The Morgan fingerprint density at radius 3 is 2.72 bits per heavy atom. The zero-order valence-corrected chi connectivity index (χ0v) is 12.8. The van der Waals surface area contributed by atoms with Gasteiger partial charge in [0.1, 0.15) is 0 Å². The van der Waals surface area contributed by atoms with Gasteiger partial charge in [0.05, 0.1) is 0 Å². The summed E-state index contributed by atoms with van der Waals surface area (Å²) in [4.78, 5) is 0. The van der Waals surface area contributed by atoms with Gasteiger partial charge in [0, 0.05) is 12.1 Å². The van der Waals surface area contributed by atoms with E-state index in [1.54, 1.807) is 11.3 Å². The maximum Gasteiger partial charge on any atom is 0.0100 e. The summed E-state index contributed by atoms with van der Waals surface area (Å²) in [5, 5.41) is 8.35. The molecule has 0 amide bonds. The minimum atomic E-state index is 0.601. The van der Waals surface area contributed by atoms with Crippen LogP contribution in [0.25, 0.3) is 0 Å². The summed E-state index contributed by atoms with van der Waals surface area (Å²) in [5.74, 6) is 1.69. The number of hydrogen-bond acceptors (Lipinski definition) is 2. The van der Waals surface area contributed by atoms with Gasteiger partial charge in [-0.3, -0.25) is 0 Å². The van der Waals surface area contributed by atoms with E-state index in [9.17, 15) is 0 Å². The molecular weight excluding hydrogens is 238 g/mol. The number of thiophene rings is 1. The Hall–Kier alpha value is -0.340. The van der Waals surface area contributed by atoms with Crippen molar-refractivity contribution in [2.45, 2.75) is 65.0 Å². The lowest BCUT2D eigenvalue weighted by molar-refractivity contribution is 0.194. The first kappa shape index (κ1) is 14.1. The van der Waals surface area contributed by atoms with Crippen LogP contribution in [0.4, 0.5) is 0 Å². The van der Waals surface area contributed by atoms with Crippen LogP contribution in [0.15, 0.2) is 16.8 Å². The average molecular weight is 265 g/mol. The Morgan fingerprint density at radius 1 is 1.28 bits per heavy atom. The average Bonchev–Trinajstić information content (AvgIpc) is 2.82. The van der Waals surface area contributed by atoms with Crippen LogP contribution in [0.5, 0.6) is 0 Å². The fraction of sp³-hybridized carbons (Fsp3) is 0.750. The third-order valence-corrected chi connectivity index (χ3v) is 5.03. The van der Waals surface area contributed by atoms with E-state index in [1.165, 1.54) is 37.7 Å². The van der Waals surface area contributed by atoms with Gasteiger partial charge in [-0.25, -0.2) is 0 Å². The number of rotatable bonds is 5. The molecule has 0 saturated heterocycles. The first-order valence-corrected chi connectivity index (χ1v) is 8.38. The summed E-state index contributed by atoms with van der Waals surface area (Å²) in [6.45, 7) is 7.10. The van der Waals surface area contributed by atoms with E-state index < -0.39 is 0 Å². The molecule has 1 aliphatic carbocycles. The molecule has 2 heteroatoms. The van der Waals surface area contributed by atoms with Crippen molar-refractivity contribution in [3.8, 4) is 0 Å². The van der Waals surface area contributed by atoms with Gasteiger partial charge in [-0.1, -0.05) is 26.7 Å². The van der Waals surface area contributed by atoms with Gasteiger partial charge in [0.15, 0.2) is 0 Å². The molecule has 3 unspecified atom stereocenters. The molecule has 0 aromatic carbocycles. The summed E-state index contributed by atoms with van der Waals surface area (Å²) >= 11 is 1.81. The van der Waals surface area contributed by atoms with E-state index in [0.29, 0.717) is 6.04 Å². The van der Waals surface area contributed by atoms with Crippen LogP contribution in [0.1, 0.15) is 52.0 Å². The fourth-order valence-corrected chi connectivity index (χ4v) is 4.03. The molecular formula is C16H27NS. The Kier molecular flexibility index (Phi) is 5.25. The molecule has 102 valence electrons. The lowest BCUT2D eigenvalue weighted by Crippen LogP contribution is -2.45. The molecule has 1 N–H and O–H groups in total. The third-order valence-electron chi connectivity index (χ3n) is 4.30. The smallest absolute Gasteiger partial charge is 0.0100 e. The monoisotopic (exact) mass is 265 g/mol. The van der Waals surface area contributed by atoms with Crippen molar-refractivity contribution in [2.24, 2.45) is 11.8 Å². The molecule has 1 heterocycles. The van der Waals surface area contributed by atoms with Crippen LogP contribution in [0, 0.1) is 11.8 Å². The molecule has 2 rings (SSSR count). The largest absolute Gasteiger partial charge is 0.311 e. The quantitative estimate of drug-likeness (QED) is 0.827. The molecule has 18 heavy (non-hydrogen) atoms. The molecule has 0 spiro atoms. The predicted octanol–water partition coefficient (Wildman–Crippen LogP) is 4.48. The van der Waals surface area contributed by atoms with Crippen LogP contribution in [0.2, 0.25) is 0 Å². The van der Waals surface area contributed by atoms with Crippen LogP contribution in [0.3, 0.4) is 0 Å². The summed E-state index contributed by atoms with van der Waals surface area (Å²) in [6.07, 6.45) is 6.80. The predicted molar refractivity (Wildman–Crippen MR) is 81.2 cm³/mol. The van der Waals surface area contributed by atoms with E-state index in [-0.39, 0.29) is 0 Å². The summed E-state index contributed by atoms with van der Waals surface area (Å²) in [7, 11) is 0.